The summed E-state index contributed by atoms with van der Waals surface area (Å²) in [5, 5.41) is 2.97. The average Bonchev–Trinajstić information content (AvgIpc) is 2.45. The van der Waals surface area contributed by atoms with E-state index in [0.29, 0.717) is 13.1 Å². The van der Waals surface area contributed by atoms with Crippen molar-refractivity contribution in [3.05, 3.63) is 35.9 Å². The van der Waals surface area contributed by atoms with Gasteiger partial charge in [0.05, 0.1) is 5.54 Å². The zero-order valence-corrected chi connectivity index (χ0v) is 16.4. The van der Waals surface area contributed by atoms with Gasteiger partial charge in [-0.3, -0.25) is 4.79 Å². The third kappa shape index (κ3) is 8.05. The van der Waals surface area contributed by atoms with Crippen LogP contribution >= 0.6 is 0 Å². The lowest BCUT2D eigenvalue weighted by Gasteiger charge is -2.36. The summed E-state index contributed by atoms with van der Waals surface area (Å²) in [7, 11) is 0. The SMILES string of the molecule is CCC[C@](C)(CN(Cc1ccccc1)C(C)=O)NC(=O)OC(C)(C)C. The molecule has 0 heterocycles. The van der Waals surface area contributed by atoms with Gasteiger partial charge in [0.15, 0.2) is 0 Å². The van der Waals surface area contributed by atoms with Crippen LogP contribution in [0.1, 0.15) is 59.9 Å². The zero-order valence-electron chi connectivity index (χ0n) is 16.4. The molecule has 0 aromatic heterocycles. The molecule has 1 aromatic carbocycles. The molecule has 25 heavy (non-hydrogen) atoms. The molecular formula is C20H32N2O3. The van der Waals surface area contributed by atoms with Crippen LogP contribution in [0.3, 0.4) is 0 Å². The quantitative estimate of drug-likeness (QED) is 0.806. The first-order valence-electron chi connectivity index (χ1n) is 8.85. The maximum Gasteiger partial charge on any atom is 0.408 e. The molecule has 1 N–H and O–H groups in total. The molecule has 0 aliphatic heterocycles. The van der Waals surface area contributed by atoms with Gasteiger partial charge >= 0.3 is 6.09 Å². The van der Waals surface area contributed by atoms with E-state index in [-0.39, 0.29) is 5.91 Å². The molecule has 1 atom stereocenters. The highest BCUT2D eigenvalue weighted by molar-refractivity contribution is 5.74. The summed E-state index contributed by atoms with van der Waals surface area (Å²) in [5.41, 5.74) is -0.0345. The number of amides is 2. The minimum Gasteiger partial charge on any atom is -0.444 e. The number of nitrogens with zero attached hydrogens (tertiary/aromatic N) is 1. The largest absolute Gasteiger partial charge is 0.444 e. The van der Waals surface area contributed by atoms with E-state index >= 15 is 0 Å². The summed E-state index contributed by atoms with van der Waals surface area (Å²) < 4.78 is 5.39. The standard InChI is InChI=1S/C20H32N2O3/c1-7-13-20(6,21-18(24)25-19(3,4)5)15-22(16(2)23)14-17-11-9-8-10-12-17/h8-12H,7,13-15H2,1-6H3,(H,21,24)/t20-/m1/s1. The molecule has 0 saturated heterocycles. The fourth-order valence-corrected chi connectivity index (χ4v) is 2.79. The summed E-state index contributed by atoms with van der Waals surface area (Å²) in [6.07, 6.45) is 1.19. The van der Waals surface area contributed by atoms with Gasteiger partial charge in [0.25, 0.3) is 0 Å². The first-order valence-corrected chi connectivity index (χ1v) is 8.85. The van der Waals surface area contributed by atoms with E-state index in [2.05, 4.69) is 12.2 Å². The van der Waals surface area contributed by atoms with Gasteiger partial charge in [-0.1, -0.05) is 43.7 Å². The van der Waals surface area contributed by atoms with Crippen molar-refractivity contribution in [2.45, 2.75) is 72.1 Å². The van der Waals surface area contributed by atoms with E-state index in [0.717, 1.165) is 18.4 Å². The smallest absolute Gasteiger partial charge is 0.408 e. The summed E-state index contributed by atoms with van der Waals surface area (Å²) in [6, 6.07) is 9.85. The number of rotatable bonds is 7. The molecule has 2 amide bonds. The van der Waals surface area contributed by atoms with Gasteiger partial charge in [-0.2, -0.15) is 0 Å². The maximum atomic E-state index is 12.2. The van der Waals surface area contributed by atoms with E-state index in [4.69, 9.17) is 4.74 Å². The van der Waals surface area contributed by atoms with Crippen molar-refractivity contribution in [2.24, 2.45) is 0 Å². The first kappa shape index (κ1) is 21.0. The Morgan fingerprint density at radius 1 is 1.12 bits per heavy atom. The molecule has 0 aliphatic rings. The molecule has 0 radical (unpaired) electrons. The van der Waals surface area contributed by atoms with Gasteiger partial charge in [-0.25, -0.2) is 4.79 Å². The lowest BCUT2D eigenvalue weighted by molar-refractivity contribution is -0.130. The predicted molar refractivity (Wildman–Crippen MR) is 100 cm³/mol. The molecule has 1 rings (SSSR count). The Hall–Kier alpha value is -2.04. The van der Waals surface area contributed by atoms with Crippen LogP contribution in [-0.2, 0) is 16.1 Å². The Balaban J connectivity index is 2.86. The summed E-state index contributed by atoms with van der Waals surface area (Å²) in [6.45, 7) is 12.0. The van der Waals surface area contributed by atoms with E-state index in [9.17, 15) is 9.59 Å². The number of carbonyl (C=O) groups is 2. The maximum absolute atomic E-state index is 12.2. The number of benzene rings is 1. The topological polar surface area (TPSA) is 58.6 Å². The Labute approximate surface area is 151 Å². The van der Waals surface area contributed by atoms with Crippen LogP contribution in [0.25, 0.3) is 0 Å². The van der Waals surface area contributed by atoms with Gasteiger partial charge in [0, 0.05) is 20.0 Å². The molecule has 5 nitrogen and oxygen atoms in total. The predicted octanol–water partition coefficient (Wildman–Crippen LogP) is 4.12. The Kier molecular flexibility index (Phi) is 7.46. The Bertz CT molecular complexity index is 566. The second-order valence-corrected chi connectivity index (χ2v) is 7.80. The van der Waals surface area contributed by atoms with Gasteiger partial charge in [-0.15, -0.1) is 0 Å². The van der Waals surface area contributed by atoms with Crippen molar-refractivity contribution in [1.82, 2.24) is 10.2 Å². The summed E-state index contributed by atoms with van der Waals surface area (Å²) in [5.74, 6) is -0.0165. The lowest BCUT2D eigenvalue weighted by atomic mass is 9.95. The van der Waals surface area contributed by atoms with Crippen molar-refractivity contribution >= 4 is 12.0 Å². The molecule has 0 unspecified atom stereocenters. The Morgan fingerprint density at radius 3 is 2.20 bits per heavy atom. The van der Waals surface area contributed by atoms with Crippen LogP contribution in [0.5, 0.6) is 0 Å². The highest BCUT2D eigenvalue weighted by Gasteiger charge is 2.31. The lowest BCUT2D eigenvalue weighted by Crippen LogP contribution is -2.55. The highest BCUT2D eigenvalue weighted by Crippen LogP contribution is 2.18. The van der Waals surface area contributed by atoms with E-state index in [1.807, 2.05) is 58.0 Å². The first-order chi connectivity index (χ1) is 11.5. The molecule has 0 bridgehead atoms. The van der Waals surface area contributed by atoms with Crippen molar-refractivity contribution in [3.63, 3.8) is 0 Å². The molecule has 1 aromatic rings. The van der Waals surface area contributed by atoms with Crippen LogP contribution in [0.15, 0.2) is 30.3 Å². The van der Waals surface area contributed by atoms with Crippen molar-refractivity contribution < 1.29 is 14.3 Å². The van der Waals surface area contributed by atoms with Crippen molar-refractivity contribution in [2.75, 3.05) is 6.54 Å². The normalized spacial score (nSPS) is 13.7. The van der Waals surface area contributed by atoms with E-state index in [1.54, 1.807) is 11.8 Å². The van der Waals surface area contributed by atoms with Gasteiger partial charge < -0.3 is 15.0 Å². The number of alkyl carbamates (subject to hydrolysis) is 1. The monoisotopic (exact) mass is 348 g/mol. The summed E-state index contributed by atoms with van der Waals surface area (Å²) >= 11 is 0. The zero-order chi connectivity index (χ0) is 19.1. The molecule has 0 spiro atoms. The highest BCUT2D eigenvalue weighted by atomic mass is 16.6. The molecule has 0 saturated carbocycles. The van der Waals surface area contributed by atoms with Crippen LogP contribution in [0, 0.1) is 0 Å². The average molecular weight is 348 g/mol. The molecule has 0 fully saturated rings. The van der Waals surface area contributed by atoms with Crippen LogP contribution in [-0.4, -0.2) is 34.6 Å². The van der Waals surface area contributed by atoms with Gasteiger partial charge in [-0.05, 0) is 39.7 Å². The molecule has 140 valence electrons. The van der Waals surface area contributed by atoms with E-state index in [1.165, 1.54) is 0 Å². The third-order valence-corrected chi connectivity index (χ3v) is 3.81. The fraction of sp³-hybridized carbons (Fsp3) is 0.600. The van der Waals surface area contributed by atoms with Gasteiger partial charge in [0.2, 0.25) is 5.91 Å². The second kappa shape index (κ2) is 8.88. The minimum absolute atomic E-state index is 0.0165. The van der Waals surface area contributed by atoms with Crippen molar-refractivity contribution in [1.29, 1.82) is 0 Å². The van der Waals surface area contributed by atoms with Crippen molar-refractivity contribution in [3.8, 4) is 0 Å². The van der Waals surface area contributed by atoms with Crippen LogP contribution < -0.4 is 5.32 Å². The molecule has 0 aliphatic carbocycles. The number of ether oxygens (including phenoxy) is 1. The Morgan fingerprint density at radius 2 is 1.72 bits per heavy atom. The number of carbonyl (C=O) groups excluding carboxylic acids is 2. The van der Waals surface area contributed by atoms with Crippen LogP contribution in [0.2, 0.25) is 0 Å². The fourth-order valence-electron chi connectivity index (χ4n) is 2.79. The number of hydrogen-bond donors (Lipinski definition) is 1. The van der Waals surface area contributed by atoms with Crippen LogP contribution in [0.4, 0.5) is 4.79 Å². The summed E-state index contributed by atoms with van der Waals surface area (Å²) in [4.78, 5) is 26.1. The third-order valence-electron chi connectivity index (χ3n) is 3.81. The number of nitrogens with one attached hydrogen (secondary N) is 1. The number of hydrogen-bond acceptors (Lipinski definition) is 3. The molecule has 5 heteroatoms. The second-order valence-electron chi connectivity index (χ2n) is 7.80. The van der Waals surface area contributed by atoms with E-state index < -0.39 is 17.2 Å². The van der Waals surface area contributed by atoms with Gasteiger partial charge in [0.1, 0.15) is 5.60 Å². The molecular weight excluding hydrogens is 316 g/mol. The minimum atomic E-state index is -0.554.